The van der Waals surface area contributed by atoms with Crippen molar-refractivity contribution in [2.24, 2.45) is 34.0 Å². The molecule has 2 unspecified atom stereocenters. The van der Waals surface area contributed by atoms with Gasteiger partial charge in [0.05, 0.1) is 0 Å². The molecule has 4 saturated carbocycles. The van der Waals surface area contributed by atoms with Crippen molar-refractivity contribution in [1.29, 1.82) is 0 Å². The van der Waals surface area contributed by atoms with Gasteiger partial charge in [-0.25, -0.2) is 0 Å². The van der Waals surface area contributed by atoms with Crippen LogP contribution in [0.15, 0.2) is 0 Å². The van der Waals surface area contributed by atoms with E-state index in [1.165, 1.54) is 51.4 Å². The normalized spacial score (nSPS) is 53.7. The Morgan fingerprint density at radius 1 is 0.875 bits per heavy atom. The van der Waals surface area contributed by atoms with Gasteiger partial charge in [0.25, 0.3) is 0 Å². The Morgan fingerprint density at radius 2 is 1.67 bits per heavy atom. The zero-order chi connectivity index (χ0) is 17.2. The molecular weight excluding hydrogens is 296 g/mol. The number of ether oxygens (including phenoxy) is 1. The maximum Gasteiger partial charge on any atom is 0.302 e. The van der Waals surface area contributed by atoms with Gasteiger partial charge < -0.3 is 4.74 Å². The predicted molar refractivity (Wildman–Crippen MR) is 96.5 cm³/mol. The fourth-order valence-electron chi connectivity index (χ4n) is 7.93. The number of esters is 1. The molecule has 0 aliphatic heterocycles. The van der Waals surface area contributed by atoms with Crippen molar-refractivity contribution >= 4 is 5.97 Å². The highest BCUT2D eigenvalue weighted by molar-refractivity contribution is 5.66. The Kier molecular flexibility index (Phi) is 3.86. The van der Waals surface area contributed by atoms with Crippen LogP contribution in [0.4, 0.5) is 0 Å². The molecular formula is C22H36O2. The molecule has 0 spiro atoms. The van der Waals surface area contributed by atoms with Gasteiger partial charge in [-0.1, -0.05) is 27.2 Å². The molecule has 0 radical (unpaired) electrons. The van der Waals surface area contributed by atoms with Crippen LogP contribution in [-0.2, 0) is 9.53 Å². The molecule has 4 fully saturated rings. The molecule has 0 heterocycles. The number of hydrogen-bond acceptors (Lipinski definition) is 2. The molecule has 0 saturated heterocycles. The molecule has 2 nitrogen and oxygen atoms in total. The second-order valence-corrected chi connectivity index (χ2v) is 10.4. The topological polar surface area (TPSA) is 26.3 Å². The van der Waals surface area contributed by atoms with Crippen LogP contribution in [0.2, 0.25) is 0 Å². The molecule has 0 N–H and O–H groups in total. The average molecular weight is 333 g/mol. The summed E-state index contributed by atoms with van der Waals surface area (Å²) in [5, 5.41) is 0. The Morgan fingerprint density at radius 3 is 2.42 bits per heavy atom. The molecule has 0 bridgehead atoms. The van der Waals surface area contributed by atoms with E-state index in [9.17, 15) is 4.79 Å². The monoisotopic (exact) mass is 332 g/mol. The highest BCUT2D eigenvalue weighted by Gasteiger charge is 2.63. The third kappa shape index (κ3) is 2.23. The van der Waals surface area contributed by atoms with Gasteiger partial charge in [-0.3, -0.25) is 4.79 Å². The van der Waals surface area contributed by atoms with Crippen molar-refractivity contribution in [1.82, 2.24) is 0 Å². The molecule has 136 valence electrons. The summed E-state index contributed by atoms with van der Waals surface area (Å²) in [5.41, 5.74) is 1.60. The molecule has 4 aliphatic carbocycles. The van der Waals surface area contributed by atoms with Gasteiger partial charge in [0.2, 0.25) is 0 Å². The van der Waals surface area contributed by atoms with Crippen LogP contribution in [0.5, 0.6) is 0 Å². The lowest BCUT2D eigenvalue weighted by Gasteiger charge is -2.66. The maximum absolute atomic E-state index is 11.4. The van der Waals surface area contributed by atoms with Gasteiger partial charge >= 0.3 is 5.97 Å². The highest BCUT2D eigenvalue weighted by Crippen LogP contribution is 2.71. The summed E-state index contributed by atoms with van der Waals surface area (Å²) in [6.07, 6.45) is 13.7. The first kappa shape index (κ1) is 16.9. The van der Waals surface area contributed by atoms with Gasteiger partial charge in [0.1, 0.15) is 6.10 Å². The first-order valence-electron chi connectivity index (χ1n) is 10.5. The van der Waals surface area contributed by atoms with Crippen LogP contribution < -0.4 is 0 Å². The fourth-order valence-corrected chi connectivity index (χ4v) is 7.93. The van der Waals surface area contributed by atoms with E-state index in [2.05, 4.69) is 20.8 Å². The smallest absolute Gasteiger partial charge is 0.302 e. The third-order valence-electron chi connectivity index (χ3n) is 9.58. The number of carbonyl (C=O) groups is 1. The van der Waals surface area contributed by atoms with E-state index in [1.807, 2.05) is 0 Å². The minimum Gasteiger partial charge on any atom is -0.463 e. The van der Waals surface area contributed by atoms with Crippen LogP contribution in [0.3, 0.4) is 0 Å². The molecule has 2 heteroatoms. The summed E-state index contributed by atoms with van der Waals surface area (Å²) in [6.45, 7) is 9.41. The lowest BCUT2D eigenvalue weighted by atomic mass is 9.39. The lowest BCUT2D eigenvalue weighted by molar-refractivity contribution is -0.187. The van der Waals surface area contributed by atoms with E-state index >= 15 is 0 Å². The SMILES string of the molecule is CC(=O)OC1CC[C@@]2(C)C(CC[C@H]3[C@@H]4CCC[C@@]4(C)CC[C@@]32C)C1. The van der Waals surface area contributed by atoms with Crippen LogP contribution in [0.25, 0.3) is 0 Å². The minimum atomic E-state index is -0.0945. The zero-order valence-electron chi connectivity index (χ0n) is 16.2. The third-order valence-corrected chi connectivity index (χ3v) is 9.58. The first-order valence-corrected chi connectivity index (χ1v) is 10.5. The van der Waals surface area contributed by atoms with Crippen molar-refractivity contribution < 1.29 is 9.53 Å². The Bertz CT molecular complexity index is 528. The van der Waals surface area contributed by atoms with Crippen molar-refractivity contribution in [2.45, 2.75) is 98.0 Å². The number of rotatable bonds is 1. The van der Waals surface area contributed by atoms with Crippen molar-refractivity contribution in [3.63, 3.8) is 0 Å². The summed E-state index contributed by atoms with van der Waals surface area (Å²) in [6, 6.07) is 0. The Hall–Kier alpha value is -0.530. The van der Waals surface area contributed by atoms with E-state index in [1.54, 1.807) is 6.92 Å². The zero-order valence-corrected chi connectivity index (χ0v) is 16.2. The summed E-state index contributed by atoms with van der Waals surface area (Å²) < 4.78 is 5.60. The summed E-state index contributed by atoms with van der Waals surface area (Å²) >= 11 is 0. The fraction of sp³-hybridized carbons (Fsp3) is 0.955. The number of hydrogen-bond donors (Lipinski definition) is 0. The van der Waals surface area contributed by atoms with Crippen molar-refractivity contribution in [3.05, 3.63) is 0 Å². The second kappa shape index (κ2) is 5.48. The van der Waals surface area contributed by atoms with Crippen LogP contribution in [-0.4, -0.2) is 12.1 Å². The van der Waals surface area contributed by atoms with Crippen LogP contribution >= 0.6 is 0 Å². The summed E-state index contributed by atoms with van der Waals surface area (Å²) in [4.78, 5) is 11.4. The molecule has 0 aromatic rings. The van der Waals surface area contributed by atoms with E-state index in [4.69, 9.17) is 4.74 Å². The molecule has 4 rings (SSSR count). The van der Waals surface area contributed by atoms with E-state index < -0.39 is 0 Å². The standard InChI is InChI=1S/C22H36O2/c1-15(23)24-17-9-11-21(3)16(14-17)7-8-19-18-6-5-10-20(18,2)12-13-22(19,21)4/h16-19H,5-14H2,1-4H3/t16?,17?,18-,19-,20-,21-,22-/m0/s1. The Labute approximate surface area is 148 Å². The minimum absolute atomic E-state index is 0.0945. The van der Waals surface area contributed by atoms with Gasteiger partial charge in [-0.05, 0) is 91.8 Å². The van der Waals surface area contributed by atoms with E-state index in [0.29, 0.717) is 16.2 Å². The molecule has 7 atom stereocenters. The first-order chi connectivity index (χ1) is 11.3. The van der Waals surface area contributed by atoms with Crippen molar-refractivity contribution in [2.75, 3.05) is 0 Å². The largest absolute Gasteiger partial charge is 0.463 e. The van der Waals surface area contributed by atoms with E-state index in [0.717, 1.165) is 30.6 Å². The Balaban J connectivity index is 1.59. The molecule has 0 aromatic carbocycles. The molecule has 0 amide bonds. The van der Waals surface area contributed by atoms with Gasteiger partial charge in [0, 0.05) is 6.92 Å². The quantitative estimate of drug-likeness (QED) is 0.572. The molecule has 0 aromatic heterocycles. The highest BCUT2D eigenvalue weighted by atomic mass is 16.5. The maximum atomic E-state index is 11.4. The molecule has 4 aliphatic rings. The number of carbonyl (C=O) groups excluding carboxylic acids is 1. The van der Waals surface area contributed by atoms with Crippen LogP contribution in [0.1, 0.15) is 91.9 Å². The van der Waals surface area contributed by atoms with Gasteiger partial charge in [0.15, 0.2) is 0 Å². The van der Waals surface area contributed by atoms with Crippen LogP contribution in [0, 0.1) is 34.0 Å². The second-order valence-electron chi connectivity index (χ2n) is 10.4. The van der Waals surface area contributed by atoms with Gasteiger partial charge in [-0.2, -0.15) is 0 Å². The number of fused-ring (bicyclic) bond motifs is 5. The van der Waals surface area contributed by atoms with Crippen molar-refractivity contribution in [3.8, 4) is 0 Å². The summed E-state index contributed by atoms with van der Waals surface area (Å²) in [5.74, 6) is 2.57. The summed E-state index contributed by atoms with van der Waals surface area (Å²) in [7, 11) is 0. The predicted octanol–water partition coefficient (Wildman–Crippen LogP) is 5.74. The molecule has 24 heavy (non-hydrogen) atoms. The lowest BCUT2D eigenvalue weighted by Crippen LogP contribution is -2.59. The van der Waals surface area contributed by atoms with Gasteiger partial charge in [-0.15, -0.1) is 0 Å². The van der Waals surface area contributed by atoms with E-state index in [-0.39, 0.29) is 12.1 Å². The average Bonchev–Trinajstić information content (AvgIpc) is 2.90.